The fourth-order valence-electron chi connectivity index (χ4n) is 3.95. The lowest BCUT2D eigenvalue weighted by Gasteiger charge is -2.37. The van der Waals surface area contributed by atoms with Gasteiger partial charge in [0.2, 0.25) is 0 Å². The highest BCUT2D eigenvalue weighted by Crippen LogP contribution is 2.25. The van der Waals surface area contributed by atoms with Gasteiger partial charge in [0.1, 0.15) is 5.75 Å². The van der Waals surface area contributed by atoms with Crippen LogP contribution in [0.5, 0.6) is 5.75 Å². The van der Waals surface area contributed by atoms with Crippen LogP contribution in [0.3, 0.4) is 0 Å². The maximum Gasteiger partial charge on any atom is 0.259 e. The number of piperidine rings is 1. The molecule has 1 fully saturated rings. The van der Waals surface area contributed by atoms with E-state index in [9.17, 15) is 9.00 Å². The van der Waals surface area contributed by atoms with Gasteiger partial charge in [0.05, 0.1) is 12.7 Å². The van der Waals surface area contributed by atoms with Crippen LogP contribution < -0.4 is 14.8 Å². The Bertz CT molecular complexity index is 824. The molecule has 3 N–H and O–H groups in total. The van der Waals surface area contributed by atoms with Gasteiger partial charge >= 0.3 is 0 Å². The summed E-state index contributed by atoms with van der Waals surface area (Å²) in [7, 11) is 1.50. The SMILES string of the molecule is COc1ccc(NS(=O)O)cc1C(=O)NC1CCN(CC2=CCC=CC2)CC1C. The summed E-state index contributed by atoms with van der Waals surface area (Å²) in [5.41, 5.74) is 2.20. The highest BCUT2D eigenvalue weighted by molar-refractivity contribution is 7.80. The molecule has 0 saturated carbocycles. The van der Waals surface area contributed by atoms with Crippen LogP contribution >= 0.6 is 0 Å². The summed E-state index contributed by atoms with van der Waals surface area (Å²) in [6, 6.07) is 4.82. The molecule has 1 amide bonds. The largest absolute Gasteiger partial charge is 0.496 e. The summed E-state index contributed by atoms with van der Waals surface area (Å²) < 4.78 is 27.7. The second-order valence-electron chi connectivity index (χ2n) is 7.62. The molecule has 0 radical (unpaired) electrons. The van der Waals surface area contributed by atoms with Crippen molar-refractivity contribution >= 4 is 22.9 Å². The number of ether oxygens (including phenoxy) is 1. The fraction of sp³-hybridized carbons (Fsp3) is 0.476. The number of hydrogen-bond donors (Lipinski definition) is 3. The van der Waals surface area contributed by atoms with Crippen molar-refractivity contribution in [2.75, 3.05) is 31.5 Å². The van der Waals surface area contributed by atoms with Crippen LogP contribution in [0.4, 0.5) is 5.69 Å². The van der Waals surface area contributed by atoms with Gasteiger partial charge in [-0.3, -0.25) is 19.0 Å². The van der Waals surface area contributed by atoms with Crippen LogP contribution in [-0.2, 0) is 11.3 Å². The molecule has 1 saturated heterocycles. The zero-order chi connectivity index (χ0) is 20.8. The molecule has 0 aromatic heterocycles. The van der Waals surface area contributed by atoms with E-state index in [1.165, 1.54) is 18.7 Å². The summed E-state index contributed by atoms with van der Waals surface area (Å²) in [5.74, 6) is 0.517. The van der Waals surface area contributed by atoms with Gasteiger partial charge in [-0.25, -0.2) is 4.21 Å². The van der Waals surface area contributed by atoms with E-state index in [0.29, 0.717) is 22.9 Å². The van der Waals surface area contributed by atoms with E-state index in [1.807, 2.05) is 0 Å². The van der Waals surface area contributed by atoms with Crippen LogP contribution in [0.25, 0.3) is 0 Å². The minimum atomic E-state index is -2.20. The van der Waals surface area contributed by atoms with Crippen LogP contribution in [0, 0.1) is 5.92 Å². The van der Waals surface area contributed by atoms with Crippen molar-refractivity contribution in [3.05, 3.63) is 47.6 Å². The van der Waals surface area contributed by atoms with Gasteiger partial charge in [-0.15, -0.1) is 0 Å². The van der Waals surface area contributed by atoms with Crippen LogP contribution in [0.1, 0.15) is 36.5 Å². The van der Waals surface area contributed by atoms with E-state index in [-0.39, 0.29) is 11.9 Å². The highest BCUT2D eigenvalue weighted by atomic mass is 32.2. The molecule has 2 aliphatic rings. The van der Waals surface area contributed by atoms with Gasteiger partial charge in [-0.2, -0.15) is 0 Å². The number of benzene rings is 1. The first-order chi connectivity index (χ1) is 14.0. The van der Waals surface area contributed by atoms with Gasteiger partial charge in [0.25, 0.3) is 17.2 Å². The molecule has 1 aromatic rings. The number of allylic oxidation sites excluding steroid dienone is 3. The number of hydrogen-bond acceptors (Lipinski definition) is 4. The highest BCUT2D eigenvalue weighted by Gasteiger charge is 2.28. The lowest BCUT2D eigenvalue weighted by atomic mass is 9.92. The minimum absolute atomic E-state index is 0.0762. The molecule has 1 heterocycles. The summed E-state index contributed by atoms with van der Waals surface area (Å²) in [6.07, 6.45) is 9.69. The third kappa shape index (κ3) is 5.91. The van der Waals surface area contributed by atoms with Crippen molar-refractivity contribution < 1.29 is 18.3 Å². The van der Waals surface area contributed by atoms with E-state index in [4.69, 9.17) is 9.29 Å². The van der Waals surface area contributed by atoms with Crippen molar-refractivity contribution in [1.82, 2.24) is 10.2 Å². The Morgan fingerprint density at radius 2 is 2.21 bits per heavy atom. The van der Waals surface area contributed by atoms with Crippen LogP contribution in [0.15, 0.2) is 42.0 Å². The average Bonchev–Trinajstić information content (AvgIpc) is 2.70. The molecule has 1 aliphatic carbocycles. The Morgan fingerprint density at radius 1 is 1.38 bits per heavy atom. The maximum atomic E-state index is 12.9. The van der Waals surface area contributed by atoms with Crippen molar-refractivity contribution in [1.29, 1.82) is 0 Å². The van der Waals surface area contributed by atoms with Gasteiger partial charge in [-0.1, -0.05) is 30.7 Å². The zero-order valence-electron chi connectivity index (χ0n) is 16.9. The molecule has 3 atom stereocenters. The monoisotopic (exact) mass is 419 g/mol. The van der Waals surface area contributed by atoms with Gasteiger partial charge in [0, 0.05) is 31.4 Å². The molecule has 7 nitrogen and oxygen atoms in total. The Morgan fingerprint density at radius 3 is 2.86 bits per heavy atom. The number of nitrogens with one attached hydrogen (secondary N) is 2. The molecule has 158 valence electrons. The Labute approximate surface area is 174 Å². The van der Waals surface area contributed by atoms with Gasteiger partial charge in [-0.05, 0) is 43.4 Å². The molecule has 0 spiro atoms. The number of carbonyl (C=O) groups excluding carboxylic acids is 1. The zero-order valence-corrected chi connectivity index (χ0v) is 17.7. The molecule has 3 rings (SSSR count). The first-order valence-electron chi connectivity index (χ1n) is 9.88. The first-order valence-corrected chi connectivity index (χ1v) is 11.0. The van der Waals surface area contributed by atoms with Crippen molar-refractivity contribution in [2.45, 2.75) is 32.2 Å². The molecular weight excluding hydrogens is 390 g/mol. The summed E-state index contributed by atoms with van der Waals surface area (Å²) in [6.45, 7) is 5.04. The van der Waals surface area contributed by atoms with Crippen molar-refractivity contribution in [2.24, 2.45) is 5.92 Å². The van der Waals surface area contributed by atoms with Gasteiger partial charge in [0.15, 0.2) is 0 Å². The standard InChI is InChI=1S/C21H29N3O4S/c1-15-13-24(14-16-6-4-3-5-7-16)11-10-19(15)22-21(25)18-12-17(23-29(26)27)8-9-20(18)28-2/h3-4,7-9,12,15,19,23H,5-6,10-11,13-14H2,1-2H3,(H,22,25)(H,26,27). The number of carbonyl (C=O) groups is 1. The Kier molecular flexibility index (Phi) is 7.46. The Hall–Kier alpha value is -2.16. The van der Waals surface area contributed by atoms with Crippen molar-refractivity contribution in [3.63, 3.8) is 0 Å². The maximum absolute atomic E-state index is 12.9. The number of methoxy groups -OCH3 is 1. The van der Waals surface area contributed by atoms with Crippen molar-refractivity contribution in [3.8, 4) is 5.75 Å². The first kappa shape index (κ1) is 21.5. The fourth-order valence-corrected chi connectivity index (χ4v) is 4.28. The smallest absolute Gasteiger partial charge is 0.259 e. The molecule has 29 heavy (non-hydrogen) atoms. The third-order valence-electron chi connectivity index (χ3n) is 5.47. The summed E-state index contributed by atoms with van der Waals surface area (Å²) in [4.78, 5) is 15.3. The topological polar surface area (TPSA) is 90.9 Å². The number of likely N-dealkylation sites (tertiary alicyclic amines) is 1. The van der Waals surface area contributed by atoms with Crippen LogP contribution in [-0.4, -0.2) is 52.4 Å². The molecular formula is C21H29N3O4S. The number of anilines is 1. The molecule has 3 unspecified atom stereocenters. The second kappa shape index (κ2) is 10.0. The lowest BCUT2D eigenvalue weighted by Crippen LogP contribution is -2.50. The average molecular weight is 420 g/mol. The van der Waals surface area contributed by atoms with Gasteiger partial charge < -0.3 is 10.1 Å². The quantitative estimate of drug-likeness (QED) is 0.467. The predicted octanol–water partition coefficient (Wildman–Crippen LogP) is 2.96. The number of amides is 1. The predicted molar refractivity (Wildman–Crippen MR) is 115 cm³/mol. The Balaban J connectivity index is 1.60. The summed E-state index contributed by atoms with van der Waals surface area (Å²) in [5, 5.41) is 3.13. The second-order valence-corrected chi connectivity index (χ2v) is 8.32. The van der Waals surface area contributed by atoms with E-state index in [0.717, 1.165) is 38.9 Å². The van der Waals surface area contributed by atoms with E-state index in [2.05, 4.69) is 40.1 Å². The lowest BCUT2D eigenvalue weighted by molar-refractivity contribution is 0.0871. The minimum Gasteiger partial charge on any atom is -0.496 e. The summed E-state index contributed by atoms with van der Waals surface area (Å²) >= 11 is -2.20. The molecule has 8 heteroatoms. The molecule has 0 bridgehead atoms. The molecule has 1 aromatic carbocycles. The normalized spacial score (nSPS) is 23.2. The molecule has 1 aliphatic heterocycles. The van der Waals surface area contributed by atoms with E-state index >= 15 is 0 Å². The number of rotatable bonds is 7. The third-order valence-corrected chi connectivity index (χ3v) is 5.88. The number of nitrogens with zero attached hydrogens (tertiary/aromatic N) is 1. The van der Waals surface area contributed by atoms with E-state index < -0.39 is 11.3 Å². The van der Waals surface area contributed by atoms with Crippen LogP contribution in [0.2, 0.25) is 0 Å². The van der Waals surface area contributed by atoms with E-state index in [1.54, 1.807) is 12.1 Å².